The second-order valence-corrected chi connectivity index (χ2v) is 5.02. The van der Waals surface area contributed by atoms with Crippen LogP contribution in [0.1, 0.15) is 16.1 Å². The van der Waals surface area contributed by atoms with Gasteiger partial charge >= 0.3 is 0 Å². The van der Waals surface area contributed by atoms with Gasteiger partial charge in [-0.3, -0.25) is 9.89 Å². The van der Waals surface area contributed by atoms with E-state index in [9.17, 15) is 4.79 Å². The van der Waals surface area contributed by atoms with Gasteiger partial charge in [-0.2, -0.15) is 5.10 Å². The van der Waals surface area contributed by atoms with Crippen LogP contribution in [0.3, 0.4) is 0 Å². The number of rotatable bonds is 5. The molecule has 1 aromatic heterocycles. The van der Waals surface area contributed by atoms with Crippen molar-refractivity contribution in [2.24, 2.45) is 0 Å². The SMILES string of the molecule is O=C(NCCc1ccccc1)c1cc(-c2ccccc2)n[nH]1. The minimum Gasteiger partial charge on any atom is -0.350 e. The van der Waals surface area contributed by atoms with E-state index in [0.717, 1.165) is 17.7 Å². The lowest BCUT2D eigenvalue weighted by Gasteiger charge is -2.03. The van der Waals surface area contributed by atoms with Crippen molar-refractivity contribution in [3.63, 3.8) is 0 Å². The second-order valence-electron chi connectivity index (χ2n) is 5.02. The first kappa shape index (κ1) is 14.1. The molecule has 4 nitrogen and oxygen atoms in total. The normalized spacial score (nSPS) is 10.4. The van der Waals surface area contributed by atoms with Crippen molar-refractivity contribution >= 4 is 5.91 Å². The van der Waals surface area contributed by atoms with Crippen molar-refractivity contribution in [2.45, 2.75) is 6.42 Å². The number of hydrogen-bond acceptors (Lipinski definition) is 2. The minimum atomic E-state index is -0.134. The third-order valence-corrected chi connectivity index (χ3v) is 3.43. The Kier molecular flexibility index (Phi) is 4.30. The predicted molar refractivity (Wildman–Crippen MR) is 86.5 cm³/mol. The van der Waals surface area contributed by atoms with E-state index in [2.05, 4.69) is 27.6 Å². The summed E-state index contributed by atoms with van der Waals surface area (Å²) in [6, 6.07) is 21.6. The van der Waals surface area contributed by atoms with Gasteiger partial charge in [-0.25, -0.2) is 0 Å². The molecule has 0 atom stereocenters. The van der Waals surface area contributed by atoms with Crippen molar-refractivity contribution in [3.8, 4) is 11.3 Å². The Morgan fingerprint density at radius 2 is 1.68 bits per heavy atom. The van der Waals surface area contributed by atoms with Crippen LogP contribution < -0.4 is 5.32 Å². The third kappa shape index (κ3) is 3.41. The number of amides is 1. The Hall–Kier alpha value is -2.88. The Labute approximate surface area is 129 Å². The molecule has 0 radical (unpaired) electrons. The smallest absolute Gasteiger partial charge is 0.269 e. The zero-order chi connectivity index (χ0) is 15.2. The maximum Gasteiger partial charge on any atom is 0.269 e. The lowest BCUT2D eigenvalue weighted by molar-refractivity contribution is 0.0949. The van der Waals surface area contributed by atoms with Crippen molar-refractivity contribution in [3.05, 3.63) is 78.0 Å². The molecule has 4 heteroatoms. The molecular weight excluding hydrogens is 274 g/mol. The number of benzene rings is 2. The van der Waals surface area contributed by atoms with E-state index in [1.54, 1.807) is 6.07 Å². The molecule has 0 fully saturated rings. The Morgan fingerprint density at radius 3 is 2.41 bits per heavy atom. The lowest BCUT2D eigenvalue weighted by atomic mass is 10.1. The summed E-state index contributed by atoms with van der Waals surface area (Å²) in [5, 5.41) is 9.88. The van der Waals surface area contributed by atoms with E-state index in [1.165, 1.54) is 5.56 Å². The fourth-order valence-corrected chi connectivity index (χ4v) is 2.26. The van der Waals surface area contributed by atoms with Crippen LogP contribution in [0.4, 0.5) is 0 Å². The van der Waals surface area contributed by atoms with Gasteiger partial charge in [0.15, 0.2) is 0 Å². The highest BCUT2D eigenvalue weighted by Gasteiger charge is 2.10. The highest BCUT2D eigenvalue weighted by molar-refractivity contribution is 5.93. The number of carbonyl (C=O) groups excluding carboxylic acids is 1. The summed E-state index contributed by atoms with van der Waals surface area (Å²) in [5.41, 5.74) is 3.44. The van der Waals surface area contributed by atoms with Gasteiger partial charge in [0, 0.05) is 12.1 Å². The van der Waals surface area contributed by atoms with Crippen molar-refractivity contribution in [1.82, 2.24) is 15.5 Å². The number of hydrogen-bond donors (Lipinski definition) is 2. The number of nitrogens with zero attached hydrogens (tertiary/aromatic N) is 1. The first-order valence-corrected chi connectivity index (χ1v) is 7.26. The van der Waals surface area contributed by atoms with Crippen molar-refractivity contribution in [2.75, 3.05) is 6.54 Å². The summed E-state index contributed by atoms with van der Waals surface area (Å²) >= 11 is 0. The molecule has 22 heavy (non-hydrogen) atoms. The zero-order valence-electron chi connectivity index (χ0n) is 12.1. The largest absolute Gasteiger partial charge is 0.350 e. The second kappa shape index (κ2) is 6.72. The van der Waals surface area contributed by atoms with Crippen LogP contribution in [-0.2, 0) is 6.42 Å². The van der Waals surface area contributed by atoms with Crippen LogP contribution in [0, 0.1) is 0 Å². The van der Waals surface area contributed by atoms with E-state index in [4.69, 9.17) is 0 Å². The van der Waals surface area contributed by atoms with E-state index < -0.39 is 0 Å². The number of aromatic amines is 1. The van der Waals surface area contributed by atoms with Gasteiger partial charge in [0.1, 0.15) is 5.69 Å². The van der Waals surface area contributed by atoms with Crippen LogP contribution >= 0.6 is 0 Å². The molecular formula is C18H17N3O. The van der Waals surface area contributed by atoms with Gasteiger partial charge in [0.05, 0.1) is 5.69 Å². The average Bonchev–Trinajstić information content (AvgIpc) is 3.07. The van der Waals surface area contributed by atoms with Crippen molar-refractivity contribution in [1.29, 1.82) is 0 Å². The molecule has 0 bridgehead atoms. The van der Waals surface area contributed by atoms with Crippen LogP contribution in [0.2, 0.25) is 0 Å². The van der Waals surface area contributed by atoms with E-state index in [0.29, 0.717) is 12.2 Å². The lowest BCUT2D eigenvalue weighted by Crippen LogP contribution is -2.25. The topological polar surface area (TPSA) is 57.8 Å². The molecule has 3 rings (SSSR count). The summed E-state index contributed by atoms with van der Waals surface area (Å²) < 4.78 is 0. The fraction of sp³-hybridized carbons (Fsp3) is 0.111. The van der Waals surface area contributed by atoms with E-state index >= 15 is 0 Å². The summed E-state index contributed by atoms with van der Waals surface area (Å²) in [5.74, 6) is -0.134. The number of carbonyl (C=O) groups is 1. The highest BCUT2D eigenvalue weighted by atomic mass is 16.1. The summed E-state index contributed by atoms with van der Waals surface area (Å²) in [6.45, 7) is 0.600. The highest BCUT2D eigenvalue weighted by Crippen LogP contribution is 2.16. The van der Waals surface area contributed by atoms with Crippen LogP contribution in [0.5, 0.6) is 0 Å². The van der Waals surface area contributed by atoms with Gasteiger partial charge in [-0.15, -0.1) is 0 Å². The van der Waals surface area contributed by atoms with Crippen LogP contribution in [-0.4, -0.2) is 22.6 Å². The summed E-state index contributed by atoms with van der Waals surface area (Å²) in [4.78, 5) is 12.1. The molecule has 0 aliphatic carbocycles. The van der Waals surface area contributed by atoms with Crippen LogP contribution in [0.25, 0.3) is 11.3 Å². The number of nitrogens with one attached hydrogen (secondary N) is 2. The molecule has 2 aromatic carbocycles. The van der Waals surface area contributed by atoms with Crippen molar-refractivity contribution < 1.29 is 4.79 Å². The molecule has 0 unspecified atom stereocenters. The van der Waals surface area contributed by atoms with Gasteiger partial charge in [0.2, 0.25) is 0 Å². The van der Waals surface area contributed by atoms with E-state index in [-0.39, 0.29) is 5.91 Å². The Morgan fingerprint density at radius 1 is 1.00 bits per heavy atom. The Bertz CT molecular complexity index is 735. The quantitative estimate of drug-likeness (QED) is 0.759. The minimum absolute atomic E-state index is 0.134. The molecule has 1 amide bonds. The first-order valence-electron chi connectivity index (χ1n) is 7.26. The molecule has 110 valence electrons. The monoisotopic (exact) mass is 291 g/mol. The van der Waals surface area contributed by atoms with Gasteiger partial charge in [0.25, 0.3) is 5.91 Å². The zero-order valence-corrected chi connectivity index (χ0v) is 12.1. The number of aromatic nitrogens is 2. The summed E-state index contributed by atoms with van der Waals surface area (Å²) in [6.07, 6.45) is 0.812. The number of H-pyrrole nitrogens is 1. The Balaban J connectivity index is 1.58. The molecule has 0 spiro atoms. The maximum absolute atomic E-state index is 12.1. The van der Waals surface area contributed by atoms with Gasteiger partial charge in [-0.1, -0.05) is 60.7 Å². The maximum atomic E-state index is 12.1. The molecule has 0 saturated heterocycles. The van der Waals surface area contributed by atoms with Gasteiger partial charge in [-0.05, 0) is 18.1 Å². The molecule has 3 aromatic rings. The average molecular weight is 291 g/mol. The predicted octanol–water partition coefficient (Wildman–Crippen LogP) is 3.05. The third-order valence-electron chi connectivity index (χ3n) is 3.43. The molecule has 0 saturated carbocycles. The first-order chi connectivity index (χ1) is 10.8. The molecule has 0 aliphatic heterocycles. The van der Waals surface area contributed by atoms with Gasteiger partial charge < -0.3 is 5.32 Å². The fourth-order valence-electron chi connectivity index (χ4n) is 2.26. The molecule has 2 N–H and O–H groups in total. The molecule has 1 heterocycles. The van der Waals surface area contributed by atoms with E-state index in [1.807, 2.05) is 48.5 Å². The summed E-state index contributed by atoms with van der Waals surface area (Å²) in [7, 11) is 0. The molecule has 0 aliphatic rings. The van der Waals surface area contributed by atoms with Crippen LogP contribution in [0.15, 0.2) is 66.7 Å². The standard InChI is InChI=1S/C18H17N3O/c22-18(19-12-11-14-7-3-1-4-8-14)17-13-16(20-21-17)15-9-5-2-6-10-15/h1-10,13H,11-12H2,(H,19,22)(H,20,21).